The summed E-state index contributed by atoms with van der Waals surface area (Å²) in [6.07, 6.45) is -1.28. The summed E-state index contributed by atoms with van der Waals surface area (Å²) >= 11 is 0. The summed E-state index contributed by atoms with van der Waals surface area (Å²) in [5.74, 6) is -1.72. The van der Waals surface area contributed by atoms with Crippen molar-refractivity contribution in [2.45, 2.75) is 37.8 Å². The number of hydrogen-bond donors (Lipinski definition) is 3. The van der Waals surface area contributed by atoms with E-state index < -0.39 is 24.2 Å². The molecule has 2 amide bonds. The quantitative estimate of drug-likeness (QED) is 0.595. The molecule has 0 bridgehead atoms. The molecule has 1 aliphatic carbocycles. The van der Waals surface area contributed by atoms with Crippen LogP contribution in [-0.4, -0.2) is 64.9 Å². The number of aliphatic carboxylic acids is 1. The highest BCUT2D eigenvalue weighted by Gasteiger charge is 2.39. The molecular weight excluding hydrogens is 424 g/mol. The van der Waals surface area contributed by atoms with Crippen LogP contribution < -0.4 is 5.32 Å². The molecule has 1 aliphatic heterocycles. The zero-order chi connectivity index (χ0) is 23.5. The Kier molecular flexibility index (Phi) is 6.65. The van der Waals surface area contributed by atoms with Crippen molar-refractivity contribution in [1.82, 2.24) is 10.2 Å². The van der Waals surface area contributed by atoms with E-state index in [1.807, 2.05) is 24.3 Å². The van der Waals surface area contributed by atoms with Gasteiger partial charge in [0.05, 0.1) is 6.10 Å². The summed E-state index contributed by atoms with van der Waals surface area (Å²) in [6.45, 7) is 2.24. The number of aliphatic hydroxyl groups excluding tert-OH is 1. The van der Waals surface area contributed by atoms with Gasteiger partial charge in [0.25, 0.3) is 0 Å². The molecule has 1 heterocycles. The Balaban J connectivity index is 1.27. The monoisotopic (exact) mass is 452 g/mol. The van der Waals surface area contributed by atoms with E-state index in [9.17, 15) is 24.6 Å². The summed E-state index contributed by atoms with van der Waals surface area (Å²) in [4.78, 5) is 37.3. The van der Waals surface area contributed by atoms with Crippen LogP contribution in [0.4, 0.5) is 4.79 Å². The summed E-state index contributed by atoms with van der Waals surface area (Å²) in [6, 6.07) is 15.2. The van der Waals surface area contributed by atoms with Crippen LogP contribution in [0.1, 0.15) is 36.8 Å². The third kappa shape index (κ3) is 4.85. The van der Waals surface area contributed by atoms with Gasteiger partial charge in [-0.15, -0.1) is 0 Å². The fourth-order valence-electron chi connectivity index (χ4n) is 4.72. The summed E-state index contributed by atoms with van der Waals surface area (Å²) in [5, 5.41) is 21.7. The second kappa shape index (κ2) is 9.62. The van der Waals surface area contributed by atoms with Crippen molar-refractivity contribution in [2.75, 3.05) is 19.7 Å². The molecule has 0 radical (unpaired) electrons. The van der Waals surface area contributed by atoms with E-state index in [0.29, 0.717) is 0 Å². The van der Waals surface area contributed by atoms with E-state index in [2.05, 4.69) is 29.6 Å². The minimum Gasteiger partial charge on any atom is -0.480 e. The number of likely N-dealkylation sites (tertiary alicyclic amines) is 1. The van der Waals surface area contributed by atoms with Gasteiger partial charge in [-0.25, -0.2) is 9.59 Å². The Bertz CT molecular complexity index is 1010. The highest BCUT2D eigenvalue weighted by molar-refractivity contribution is 5.84. The first-order chi connectivity index (χ1) is 15.8. The van der Waals surface area contributed by atoms with Gasteiger partial charge in [0.2, 0.25) is 5.91 Å². The number of carbonyl (C=O) groups excluding carboxylic acids is 2. The number of β-amino-alcohol motifs (C(OH)–C–C–N with tert-alkyl or cyclic N) is 1. The summed E-state index contributed by atoms with van der Waals surface area (Å²) in [5.41, 5.74) is 4.57. The predicted molar refractivity (Wildman–Crippen MR) is 121 cm³/mol. The van der Waals surface area contributed by atoms with E-state index in [-0.39, 0.29) is 50.3 Å². The lowest BCUT2D eigenvalue weighted by Gasteiger charge is -2.23. The molecule has 2 aromatic rings. The number of carbonyl (C=O) groups is 3. The first-order valence-electron chi connectivity index (χ1n) is 11.1. The van der Waals surface area contributed by atoms with Crippen molar-refractivity contribution in [3.8, 4) is 11.1 Å². The number of hydrogen-bond acceptors (Lipinski definition) is 5. The van der Waals surface area contributed by atoms with Crippen molar-refractivity contribution < 1.29 is 29.3 Å². The first-order valence-corrected chi connectivity index (χ1v) is 11.1. The van der Waals surface area contributed by atoms with Crippen molar-refractivity contribution in [1.29, 1.82) is 0 Å². The fraction of sp³-hybridized carbons (Fsp3) is 0.400. The van der Waals surface area contributed by atoms with Crippen LogP contribution in [0.2, 0.25) is 0 Å². The molecule has 8 heteroatoms. The lowest BCUT2D eigenvalue weighted by molar-refractivity contribution is -0.148. The Labute approximate surface area is 192 Å². The maximum atomic E-state index is 12.5. The number of benzene rings is 2. The molecule has 0 saturated carbocycles. The molecule has 1 unspecified atom stereocenters. The number of alkyl carbamates (subject to hydrolysis) is 1. The third-order valence-electron chi connectivity index (χ3n) is 6.35. The largest absolute Gasteiger partial charge is 0.480 e. The lowest BCUT2D eigenvalue weighted by atomic mass is 9.98. The van der Waals surface area contributed by atoms with Crippen LogP contribution >= 0.6 is 0 Å². The molecule has 3 atom stereocenters. The maximum absolute atomic E-state index is 12.5. The zero-order valence-corrected chi connectivity index (χ0v) is 18.4. The number of rotatable bonds is 7. The zero-order valence-electron chi connectivity index (χ0n) is 18.4. The average Bonchev–Trinajstić information content (AvgIpc) is 3.35. The minimum atomic E-state index is -1.12. The van der Waals surface area contributed by atoms with Gasteiger partial charge < -0.3 is 25.2 Å². The van der Waals surface area contributed by atoms with Gasteiger partial charge in [-0.2, -0.15) is 0 Å². The highest BCUT2D eigenvalue weighted by Crippen LogP contribution is 2.44. The van der Waals surface area contributed by atoms with Crippen LogP contribution in [0.5, 0.6) is 0 Å². The third-order valence-corrected chi connectivity index (χ3v) is 6.35. The molecule has 8 nitrogen and oxygen atoms in total. The van der Waals surface area contributed by atoms with Gasteiger partial charge in [0.15, 0.2) is 0 Å². The van der Waals surface area contributed by atoms with Crippen molar-refractivity contribution in [3.63, 3.8) is 0 Å². The predicted octanol–water partition coefficient (Wildman–Crippen LogP) is 2.60. The molecule has 4 rings (SSSR count). The van der Waals surface area contributed by atoms with Gasteiger partial charge in [-0.05, 0) is 28.2 Å². The smallest absolute Gasteiger partial charge is 0.407 e. The van der Waals surface area contributed by atoms with E-state index in [4.69, 9.17) is 4.74 Å². The molecule has 1 fully saturated rings. The fourth-order valence-corrected chi connectivity index (χ4v) is 4.72. The maximum Gasteiger partial charge on any atom is 0.407 e. The lowest BCUT2D eigenvalue weighted by Crippen LogP contribution is -2.42. The number of carboxylic acids is 1. The van der Waals surface area contributed by atoms with Gasteiger partial charge in [0, 0.05) is 31.8 Å². The van der Waals surface area contributed by atoms with Crippen molar-refractivity contribution in [3.05, 3.63) is 59.7 Å². The van der Waals surface area contributed by atoms with E-state index in [0.717, 1.165) is 22.3 Å². The molecule has 2 aromatic carbocycles. The first kappa shape index (κ1) is 22.8. The van der Waals surface area contributed by atoms with Crippen LogP contribution in [0, 0.1) is 5.92 Å². The second-order valence-corrected chi connectivity index (χ2v) is 8.81. The molecule has 2 aliphatic rings. The molecule has 0 spiro atoms. The number of nitrogens with zero attached hydrogens (tertiary/aromatic N) is 1. The van der Waals surface area contributed by atoms with Crippen LogP contribution in [0.25, 0.3) is 11.1 Å². The van der Waals surface area contributed by atoms with E-state index >= 15 is 0 Å². The average molecular weight is 453 g/mol. The van der Waals surface area contributed by atoms with Gasteiger partial charge >= 0.3 is 12.1 Å². The SMILES string of the molecule is CC(CNC(=O)OCC1c2ccccc2-c2ccccc21)CC(=O)N1C[C@H](O)C[C@@H]1C(=O)O. The molecule has 3 N–H and O–H groups in total. The van der Waals surface area contributed by atoms with Crippen LogP contribution in [-0.2, 0) is 14.3 Å². The topological polar surface area (TPSA) is 116 Å². The van der Waals surface area contributed by atoms with Gasteiger partial charge in [-0.3, -0.25) is 4.79 Å². The van der Waals surface area contributed by atoms with E-state index in [1.165, 1.54) is 4.90 Å². The Morgan fingerprint density at radius 1 is 1.09 bits per heavy atom. The number of nitrogens with one attached hydrogen (secondary N) is 1. The Morgan fingerprint density at radius 2 is 1.70 bits per heavy atom. The molecule has 174 valence electrons. The number of ether oxygens (including phenoxy) is 1. The standard InChI is InChI=1S/C25H28N2O6/c1-15(10-23(29)27-13-16(28)11-22(27)24(30)31)12-26-25(32)33-14-21-19-8-4-2-6-17(19)18-7-3-5-9-20(18)21/h2-9,15-16,21-22,28H,10-14H2,1H3,(H,26,32)(H,30,31)/t15?,16-,22-/m1/s1. The molecular formula is C25H28N2O6. The summed E-state index contributed by atoms with van der Waals surface area (Å²) < 4.78 is 5.50. The van der Waals surface area contributed by atoms with Crippen LogP contribution in [0.15, 0.2) is 48.5 Å². The highest BCUT2D eigenvalue weighted by atomic mass is 16.5. The van der Waals surface area contributed by atoms with Crippen molar-refractivity contribution >= 4 is 18.0 Å². The minimum absolute atomic E-state index is 0.0162. The number of aliphatic hydroxyl groups is 1. The number of amides is 2. The van der Waals surface area contributed by atoms with Crippen molar-refractivity contribution in [2.24, 2.45) is 5.92 Å². The van der Waals surface area contributed by atoms with E-state index in [1.54, 1.807) is 6.92 Å². The Hall–Kier alpha value is -3.39. The second-order valence-electron chi connectivity index (χ2n) is 8.81. The van der Waals surface area contributed by atoms with Gasteiger partial charge in [0.1, 0.15) is 12.6 Å². The number of fused-ring (bicyclic) bond motifs is 3. The van der Waals surface area contributed by atoms with Crippen LogP contribution in [0.3, 0.4) is 0 Å². The normalized spacial score (nSPS) is 20.1. The Morgan fingerprint density at radius 3 is 2.30 bits per heavy atom. The number of carboxylic acid groups (broad SMARTS) is 1. The molecule has 0 aromatic heterocycles. The molecule has 33 heavy (non-hydrogen) atoms. The molecule has 1 saturated heterocycles. The van der Waals surface area contributed by atoms with Gasteiger partial charge in [-0.1, -0.05) is 55.5 Å². The summed E-state index contributed by atoms with van der Waals surface area (Å²) in [7, 11) is 0.